The largest absolute Gasteiger partial charge is 0.468 e. The van der Waals surface area contributed by atoms with Gasteiger partial charge in [-0.25, -0.2) is 32.4 Å². The van der Waals surface area contributed by atoms with E-state index in [-0.39, 0.29) is 53.6 Å². The Morgan fingerprint density at radius 3 is 2.32 bits per heavy atom. The molecule has 0 saturated heterocycles. The van der Waals surface area contributed by atoms with Gasteiger partial charge in [-0.05, 0) is 88.9 Å². The molecule has 0 spiro atoms. The number of nitrogens with two attached hydrogens (primary N) is 1. The summed E-state index contributed by atoms with van der Waals surface area (Å²) in [7, 11) is 1.26. The first-order chi connectivity index (χ1) is 22.5. The number of primary amides is 1. The van der Waals surface area contributed by atoms with Crippen LogP contribution < -0.4 is 17.0 Å². The van der Waals surface area contributed by atoms with Gasteiger partial charge in [0.2, 0.25) is 11.7 Å². The molecule has 0 aliphatic carbocycles. The summed E-state index contributed by atoms with van der Waals surface area (Å²) in [6.45, 7) is 0. The summed E-state index contributed by atoms with van der Waals surface area (Å²) in [4.78, 5) is 38.2. The first kappa shape index (κ1) is 35.4. The van der Waals surface area contributed by atoms with Crippen LogP contribution in [0.3, 0.4) is 0 Å². The Morgan fingerprint density at radius 2 is 1.66 bits per heavy atom. The molecular formula is C24H17Br2F2N9O8S2. The minimum Gasteiger partial charge on any atom is -0.468 e. The van der Waals surface area contributed by atoms with Gasteiger partial charge < -0.3 is 10.5 Å². The molecule has 0 atom stereocenters. The summed E-state index contributed by atoms with van der Waals surface area (Å²) in [5.41, 5.74) is 7.74. The number of hydrogen-bond acceptors (Lipinski definition) is 16. The first-order valence-corrected chi connectivity index (χ1v) is 15.8. The van der Waals surface area contributed by atoms with Crippen molar-refractivity contribution in [1.29, 1.82) is 0 Å². The van der Waals surface area contributed by atoms with Crippen molar-refractivity contribution < 1.29 is 42.1 Å². The van der Waals surface area contributed by atoms with Gasteiger partial charge in [-0.15, -0.1) is 0 Å². The van der Waals surface area contributed by atoms with Crippen molar-refractivity contribution in [2.24, 2.45) is 10.7 Å². The van der Waals surface area contributed by atoms with Crippen molar-refractivity contribution in [1.82, 2.24) is 35.8 Å². The third kappa shape index (κ3) is 9.09. The van der Waals surface area contributed by atoms with Gasteiger partial charge in [0.1, 0.15) is 11.6 Å². The van der Waals surface area contributed by atoms with Crippen LogP contribution in [-0.4, -0.2) is 71.9 Å². The quantitative estimate of drug-likeness (QED) is 0.0599. The molecule has 0 unspecified atom stereocenters. The predicted molar refractivity (Wildman–Crippen MR) is 165 cm³/mol. The molecule has 3 heterocycles. The molecule has 23 heteroatoms. The second-order valence-electron chi connectivity index (χ2n) is 8.33. The Labute approximate surface area is 285 Å². The number of hydroxylamine groups is 1. The maximum Gasteiger partial charge on any atom is 0.446 e. The van der Waals surface area contributed by atoms with Crippen molar-refractivity contribution >= 4 is 78.8 Å². The molecule has 5 aromatic rings. The van der Waals surface area contributed by atoms with Gasteiger partial charge >= 0.3 is 11.7 Å². The summed E-state index contributed by atoms with van der Waals surface area (Å²) < 4.78 is 46.5. The number of nitrogens with zero attached hydrogens (tertiary/aromatic N) is 7. The highest BCUT2D eigenvalue weighted by Gasteiger charge is 2.24. The van der Waals surface area contributed by atoms with E-state index in [0.717, 1.165) is 28.1 Å². The molecule has 4 N–H and O–H groups in total. The lowest BCUT2D eigenvalue weighted by Crippen LogP contribution is -2.21. The minimum atomic E-state index is -0.805. The van der Waals surface area contributed by atoms with E-state index in [4.69, 9.17) is 5.73 Å². The average molecular weight is 821 g/mol. The molecule has 0 fully saturated rings. The van der Waals surface area contributed by atoms with E-state index in [2.05, 4.69) is 81.2 Å². The number of carbonyl (C=O) groups is 2. The average Bonchev–Trinajstić information content (AvgIpc) is 3.81. The third-order valence-electron chi connectivity index (χ3n) is 5.27. The number of carbonyl (C=O) groups excluding carboxylic acids is 2. The number of esters is 1. The van der Waals surface area contributed by atoms with E-state index in [1.54, 1.807) is 0 Å². The van der Waals surface area contributed by atoms with E-state index in [0.29, 0.717) is 11.4 Å². The first-order valence-electron chi connectivity index (χ1n) is 12.3. The zero-order chi connectivity index (χ0) is 34.1. The van der Waals surface area contributed by atoms with Gasteiger partial charge in [-0.2, -0.15) is 0 Å². The van der Waals surface area contributed by atoms with Crippen LogP contribution in [0.1, 0.15) is 5.69 Å². The normalized spacial score (nSPS) is 11.1. The molecule has 1 amide bonds. The number of aliphatic imine (C=N–C) groups is 1. The molecule has 0 radical (unpaired) electrons. The van der Waals surface area contributed by atoms with E-state index >= 15 is 0 Å². The summed E-state index contributed by atoms with van der Waals surface area (Å²) in [5, 5.41) is 27.9. The number of amides is 1. The van der Waals surface area contributed by atoms with E-state index in [1.807, 2.05) is 5.48 Å². The molecule has 17 nitrogen and oxygen atoms in total. The number of nitrogens with one attached hydrogen (secondary N) is 1. The number of hydrogen-bond donors (Lipinski definition) is 3. The number of amidine groups is 1. The van der Waals surface area contributed by atoms with Crippen molar-refractivity contribution in [3.05, 3.63) is 73.2 Å². The fourth-order valence-electron chi connectivity index (χ4n) is 3.22. The SMILES string of the molecule is COC(=O)CSc1nonc1-c1noc(=O)n1-c1ccc(F)c(Br)c1.NC(=O)CSc1nonc1C(=Nc1ccc(F)c(Br)c1)NO. The van der Waals surface area contributed by atoms with Crippen LogP contribution in [0.4, 0.5) is 14.5 Å². The smallest absolute Gasteiger partial charge is 0.446 e. The molecular weight excluding hydrogens is 804 g/mol. The van der Waals surface area contributed by atoms with Crippen molar-refractivity contribution in [3.8, 4) is 17.2 Å². The number of aromatic nitrogens is 6. The number of rotatable bonds is 10. The Bertz CT molecular complexity index is 1990. The van der Waals surface area contributed by atoms with Crippen LogP contribution in [0.25, 0.3) is 17.2 Å². The predicted octanol–water partition coefficient (Wildman–Crippen LogP) is 3.65. The summed E-state index contributed by atoms with van der Waals surface area (Å²) >= 11 is 8.05. The molecule has 0 aliphatic rings. The zero-order valence-electron chi connectivity index (χ0n) is 23.2. The summed E-state index contributed by atoms with van der Waals surface area (Å²) in [5.74, 6) is -2.92. The number of thioether (sulfide) groups is 2. The van der Waals surface area contributed by atoms with Gasteiger partial charge in [-0.3, -0.25) is 24.8 Å². The Hall–Kier alpha value is -4.45. The fourth-order valence-corrected chi connectivity index (χ4v) is 5.32. The van der Waals surface area contributed by atoms with Crippen molar-refractivity contribution in [2.75, 3.05) is 18.6 Å². The second kappa shape index (κ2) is 16.4. The topological polar surface area (TPSA) is 240 Å². The van der Waals surface area contributed by atoms with Crippen LogP contribution in [0.5, 0.6) is 0 Å². The maximum absolute atomic E-state index is 13.4. The third-order valence-corrected chi connectivity index (χ3v) is 8.38. The van der Waals surface area contributed by atoms with Crippen LogP contribution in [0.2, 0.25) is 0 Å². The molecule has 0 bridgehead atoms. The monoisotopic (exact) mass is 819 g/mol. The van der Waals surface area contributed by atoms with Gasteiger partial charge in [0, 0.05) is 0 Å². The highest BCUT2D eigenvalue weighted by Crippen LogP contribution is 2.29. The van der Waals surface area contributed by atoms with Gasteiger partial charge in [0.25, 0.3) is 0 Å². The van der Waals surface area contributed by atoms with Crippen molar-refractivity contribution in [2.45, 2.75) is 10.1 Å². The lowest BCUT2D eigenvalue weighted by molar-refractivity contribution is -0.137. The van der Waals surface area contributed by atoms with Crippen LogP contribution >= 0.6 is 55.4 Å². The summed E-state index contributed by atoms with van der Waals surface area (Å²) in [6, 6.07) is 7.96. The molecule has 47 heavy (non-hydrogen) atoms. The lowest BCUT2D eigenvalue weighted by Gasteiger charge is -2.04. The lowest BCUT2D eigenvalue weighted by atomic mass is 10.3. The minimum absolute atomic E-state index is 0.00266. The number of ether oxygens (including phenoxy) is 1. The molecule has 5 rings (SSSR count). The number of benzene rings is 2. The molecule has 3 aromatic heterocycles. The zero-order valence-corrected chi connectivity index (χ0v) is 28.0. The van der Waals surface area contributed by atoms with Crippen LogP contribution in [-0.2, 0) is 14.3 Å². The van der Waals surface area contributed by atoms with Gasteiger partial charge in [0.05, 0.1) is 38.9 Å². The fraction of sp³-hybridized carbons (Fsp3) is 0.125. The van der Waals surface area contributed by atoms with E-state index < -0.39 is 29.3 Å². The Balaban J connectivity index is 0.000000215. The molecule has 0 saturated carbocycles. The van der Waals surface area contributed by atoms with Crippen LogP contribution in [0, 0.1) is 11.6 Å². The number of halogens is 4. The second-order valence-corrected chi connectivity index (χ2v) is 12.0. The molecule has 0 aliphatic heterocycles. The molecule has 2 aromatic carbocycles. The van der Waals surface area contributed by atoms with E-state index in [1.165, 1.54) is 43.5 Å². The maximum atomic E-state index is 13.4. The highest BCUT2D eigenvalue weighted by molar-refractivity contribution is 9.10. The molecule has 246 valence electrons. The van der Waals surface area contributed by atoms with Crippen LogP contribution in [0.15, 0.2) is 79.0 Å². The van der Waals surface area contributed by atoms with Gasteiger partial charge in [0.15, 0.2) is 27.3 Å². The Kier molecular flexibility index (Phi) is 12.4. The van der Waals surface area contributed by atoms with Crippen molar-refractivity contribution in [3.63, 3.8) is 0 Å². The summed E-state index contributed by atoms with van der Waals surface area (Å²) in [6.07, 6.45) is 0. The standard InChI is InChI=1S/C13H8BrFN4O5S.C11H9BrFN5O3S/c1-22-9(20)5-25-12-10(16-24-18-12)11-17-23-13(21)19(11)6-2-3-8(15)7(14)4-6;12-6-3-5(1-2-7(6)13)15-10(16-20)9-11(18-21-17-9)22-4-8(14)19/h2-4H,5H2,1H3;1-3,20H,4H2,(H2,14,19)(H,15,16). The van der Waals surface area contributed by atoms with E-state index in [9.17, 15) is 28.4 Å². The van der Waals surface area contributed by atoms with Gasteiger partial charge in [-0.1, -0.05) is 28.7 Å². The number of methoxy groups -OCH3 is 1. The Morgan fingerprint density at radius 1 is 1.00 bits per heavy atom. The highest BCUT2D eigenvalue weighted by atomic mass is 79.9.